The summed E-state index contributed by atoms with van der Waals surface area (Å²) in [5, 5.41) is 2.82. The number of aromatic nitrogens is 1. The zero-order valence-electron chi connectivity index (χ0n) is 9.70. The first-order valence-electron chi connectivity index (χ1n) is 5.74. The number of unbranched alkanes of at least 4 members (excludes halogenated alkanes) is 3. The molecule has 1 heterocycles. The summed E-state index contributed by atoms with van der Waals surface area (Å²) in [6.45, 7) is 2.85. The molecule has 0 saturated carbocycles. The minimum Gasteiger partial charge on any atom is -0.397 e. The third kappa shape index (κ3) is 3.88. The fourth-order valence-electron chi connectivity index (χ4n) is 1.44. The van der Waals surface area contributed by atoms with Crippen molar-refractivity contribution in [3.63, 3.8) is 0 Å². The highest BCUT2D eigenvalue weighted by molar-refractivity contribution is 5.96. The molecule has 1 aromatic heterocycles. The second kappa shape index (κ2) is 6.82. The van der Waals surface area contributed by atoms with Gasteiger partial charge in [-0.05, 0) is 18.6 Å². The van der Waals surface area contributed by atoms with E-state index < -0.39 is 0 Å². The Bertz CT molecular complexity index is 339. The maximum Gasteiger partial charge on any atom is 0.272 e. The Balaban J connectivity index is 2.33. The molecule has 0 bridgehead atoms. The summed E-state index contributed by atoms with van der Waals surface area (Å²) in [5.41, 5.74) is 6.39. The number of hydrogen-bond donors (Lipinski definition) is 2. The fraction of sp³-hybridized carbons (Fsp3) is 0.500. The average molecular weight is 221 g/mol. The highest BCUT2D eigenvalue weighted by Gasteiger charge is 2.09. The Kier molecular flexibility index (Phi) is 5.32. The van der Waals surface area contributed by atoms with Crippen molar-refractivity contribution in [3.8, 4) is 0 Å². The van der Waals surface area contributed by atoms with Gasteiger partial charge in [-0.3, -0.25) is 4.79 Å². The third-order valence-electron chi connectivity index (χ3n) is 2.37. The number of nitrogen functional groups attached to an aromatic ring is 1. The Morgan fingerprint density at radius 2 is 2.25 bits per heavy atom. The van der Waals surface area contributed by atoms with E-state index in [1.54, 1.807) is 18.3 Å². The van der Waals surface area contributed by atoms with Crippen molar-refractivity contribution < 1.29 is 4.79 Å². The van der Waals surface area contributed by atoms with Crippen molar-refractivity contribution in [1.82, 2.24) is 10.3 Å². The summed E-state index contributed by atoms with van der Waals surface area (Å²) in [5.74, 6) is -0.186. The fourth-order valence-corrected chi connectivity index (χ4v) is 1.44. The molecule has 0 aromatic carbocycles. The molecule has 88 valence electrons. The number of nitrogens with zero attached hydrogens (tertiary/aromatic N) is 1. The monoisotopic (exact) mass is 221 g/mol. The van der Waals surface area contributed by atoms with Gasteiger partial charge >= 0.3 is 0 Å². The molecule has 0 aliphatic carbocycles. The van der Waals surface area contributed by atoms with E-state index in [9.17, 15) is 4.79 Å². The molecular formula is C12H19N3O. The minimum absolute atomic E-state index is 0.186. The minimum atomic E-state index is -0.186. The second-order valence-electron chi connectivity index (χ2n) is 3.76. The summed E-state index contributed by atoms with van der Waals surface area (Å²) in [4.78, 5) is 15.6. The van der Waals surface area contributed by atoms with Gasteiger partial charge in [-0.1, -0.05) is 26.2 Å². The number of carbonyl (C=O) groups is 1. The van der Waals surface area contributed by atoms with Gasteiger partial charge in [0.25, 0.3) is 5.91 Å². The Morgan fingerprint density at radius 1 is 1.44 bits per heavy atom. The Hall–Kier alpha value is -1.58. The van der Waals surface area contributed by atoms with Crippen LogP contribution in [0.1, 0.15) is 43.1 Å². The molecule has 16 heavy (non-hydrogen) atoms. The van der Waals surface area contributed by atoms with Crippen molar-refractivity contribution in [2.24, 2.45) is 0 Å². The Morgan fingerprint density at radius 3 is 2.94 bits per heavy atom. The van der Waals surface area contributed by atoms with Crippen molar-refractivity contribution in [1.29, 1.82) is 0 Å². The largest absolute Gasteiger partial charge is 0.397 e. The molecule has 0 fully saturated rings. The molecule has 1 amide bonds. The maximum absolute atomic E-state index is 11.6. The maximum atomic E-state index is 11.6. The van der Waals surface area contributed by atoms with Crippen LogP contribution in [0.25, 0.3) is 0 Å². The molecule has 4 heteroatoms. The summed E-state index contributed by atoms with van der Waals surface area (Å²) >= 11 is 0. The van der Waals surface area contributed by atoms with Crippen LogP contribution in [0.5, 0.6) is 0 Å². The molecule has 0 unspecified atom stereocenters. The standard InChI is InChI=1S/C12H19N3O/c1-2-3-4-5-8-15-12(16)11-10(13)7-6-9-14-11/h6-7,9H,2-5,8,13H2,1H3,(H,15,16). The molecule has 0 radical (unpaired) electrons. The smallest absolute Gasteiger partial charge is 0.272 e. The highest BCUT2D eigenvalue weighted by Crippen LogP contribution is 2.06. The van der Waals surface area contributed by atoms with Crippen molar-refractivity contribution in [2.75, 3.05) is 12.3 Å². The van der Waals surface area contributed by atoms with E-state index in [0.717, 1.165) is 12.8 Å². The van der Waals surface area contributed by atoms with Gasteiger partial charge in [-0.25, -0.2) is 4.98 Å². The van der Waals surface area contributed by atoms with E-state index in [0.29, 0.717) is 17.9 Å². The van der Waals surface area contributed by atoms with Gasteiger partial charge in [0.1, 0.15) is 0 Å². The molecule has 0 saturated heterocycles. The van der Waals surface area contributed by atoms with Crippen LogP contribution in [0.2, 0.25) is 0 Å². The van der Waals surface area contributed by atoms with E-state index in [1.807, 2.05) is 0 Å². The van der Waals surface area contributed by atoms with Gasteiger partial charge < -0.3 is 11.1 Å². The lowest BCUT2D eigenvalue weighted by Gasteiger charge is -2.05. The number of amides is 1. The predicted molar refractivity (Wildman–Crippen MR) is 65.1 cm³/mol. The van der Waals surface area contributed by atoms with Crippen molar-refractivity contribution in [3.05, 3.63) is 24.0 Å². The van der Waals surface area contributed by atoms with Gasteiger partial charge in [0, 0.05) is 12.7 Å². The first-order valence-corrected chi connectivity index (χ1v) is 5.74. The van der Waals surface area contributed by atoms with E-state index >= 15 is 0 Å². The molecule has 0 aliphatic heterocycles. The van der Waals surface area contributed by atoms with Crippen LogP contribution in [0.15, 0.2) is 18.3 Å². The van der Waals surface area contributed by atoms with Gasteiger partial charge in [-0.15, -0.1) is 0 Å². The number of rotatable bonds is 6. The second-order valence-corrected chi connectivity index (χ2v) is 3.76. The molecule has 1 rings (SSSR count). The normalized spacial score (nSPS) is 10.1. The van der Waals surface area contributed by atoms with Gasteiger partial charge in [0.15, 0.2) is 5.69 Å². The van der Waals surface area contributed by atoms with E-state index in [2.05, 4.69) is 17.2 Å². The quantitative estimate of drug-likeness (QED) is 0.722. The molecule has 0 atom stereocenters. The van der Waals surface area contributed by atoms with Crippen LogP contribution in [-0.4, -0.2) is 17.4 Å². The molecule has 1 aromatic rings. The lowest BCUT2D eigenvalue weighted by molar-refractivity contribution is 0.0949. The van der Waals surface area contributed by atoms with Crippen molar-refractivity contribution >= 4 is 11.6 Å². The molecular weight excluding hydrogens is 202 g/mol. The summed E-state index contributed by atoms with van der Waals surface area (Å²) in [6, 6.07) is 3.40. The van der Waals surface area contributed by atoms with Crippen LogP contribution >= 0.6 is 0 Å². The van der Waals surface area contributed by atoms with Crippen LogP contribution in [0, 0.1) is 0 Å². The molecule has 0 spiro atoms. The zero-order valence-corrected chi connectivity index (χ0v) is 9.70. The SMILES string of the molecule is CCCCCCNC(=O)c1ncccc1N. The number of hydrogen-bond acceptors (Lipinski definition) is 3. The topological polar surface area (TPSA) is 68.0 Å². The average Bonchev–Trinajstić information content (AvgIpc) is 2.29. The van der Waals surface area contributed by atoms with E-state index in [1.165, 1.54) is 12.8 Å². The van der Waals surface area contributed by atoms with Crippen LogP contribution in [0.4, 0.5) is 5.69 Å². The molecule has 0 aliphatic rings. The molecule has 3 N–H and O–H groups in total. The van der Waals surface area contributed by atoms with Gasteiger partial charge in [0.05, 0.1) is 5.69 Å². The summed E-state index contributed by atoms with van der Waals surface area (Å²) in [6.07, 6.45) is 6.13. The first kappa shape index (κ1) is 12.5. The first-order chi connectivity index (χ1) is 7.75. The highest BCUT2D eigenvalue weighted by atomic mass is 16.1. The number of nitrogens with one attached hydrogen (secondary N) is 1. The third-order valence-corrected chi connectivity index (χ3v) is 2.37. The van der Waals surface area contributed by atoms with Gasteiger partial charge in [0.2, 0.25) is 0 Å². The zero-order chi connectivity index (χ0) is 11.8. The summed E-state index contributed by atoms with van der Waals surface area (Å²) in [7, 11) is 0. The van der Waals surface area contributed by atoms with Gasteiger partial charge in [-0.2, -0.15) is 0 Å². The predicted octanol–water partition coefficient (Wildman–Crippen LogP) is 1.97. The number of carbonyl (C=O) groups excluding carboxylic acids is 1. The van der Waals surface area contributed by atoms with Crippen molar-refractivity contribution in [2.45, 2.75) is 32.6 Å². The van der Waals surface area contributed by atoms with Crippen LogP contribution < -0.4 is 11.1 Å². The number of anilines is 1. The van der Waals surface area contributed by atoms with E-state index in [4.69, 9.17) is 5.73 Å². The number of nitrogens with two attached hydrogens (primary N) is 1. The van der Waals surface area contributed by atoms with E-state index in [-0.39, 0.29) is 5.91 Å². The summed E-state index contributed by atoms with van der Waals surface area (Å²) < 4.78 is 0. The lowest BCUT2D eigenvalue weighted by atomic mass is 10.2. The lowest BCUT2D eigenvalue weighted by Crippen LogP contribution is -2.26. The Labute approximate surface area is 96.3 Å². The molecule has 4 nitrogen and oxygen atoms in total. The van der Waals surface area contributed by atoms with Crippen LogP contribution in [-0.2, 0) is 0 Å². The van der Waals surface area contributed by atoms with Crippen LogP contribution in [0.3, 0.4) is 0 Å². The number of pyridine rings is 1.